The van der Waals surface area contributed by atoms with Crippen LogP contribution in [0, 0.1) is 0 Å². The molecule has 2 fully saturated rings. The summed E-state index contributed by atoms with van der Waals surface area (Å²) in [6.07, 6.45) is 19.1. The SMILES string of the molecule is ClC1=CC=CN(C2CCN(C3CCCCCCC3)CC2)C1. The van der Waals surface area contributed by atoms with Crippen LogP contribution in [0.5, 0.6) is 0 Å². The van der Waals surface area contributed by atoms with E-state index in [0.29, 0.717) is 6.04 Å². The maximum absolute atomic E-state index is 6.17. The smallest absolute Gasteiger partial charge is 0.0534 e. The molecule has 0 unspecified atom stereocenters. The second-order valence-electron chi connectivity index (χ2n) is 6.89. The molecule has 0 aromatic carbocycles. The third-order valence-electron chi connectivity index (χ3n) is 5.45. The summed E-state index contributed by atoms with van der Waals surface area (Å²) >= 11 is 6.17. The lowest BCUT2D eigenvalue weighted by atomic mass is 9.93. The van der Waals surface area contributed by atoms with Gasteiger partial charge in [0.05, 0.1) is 6.54 Å². The van der Waals surface area contributed by atoms with Gasteiger partial charge in [-0.05, 0) is 44.0 Å². The Morgan fingerprint density at radius 1 is 0.857 bits per heavy atom. The fourth-order valence-electron chi connectivity index (χ4n) is 4.17. The fourth-order valence-corrected chi connectivity index (χ4v) is 4.38. The molecule has 21 heavy (non-hydrogen) atoms. The van der Waals surface area contributed by atoms with Crippen molar-refractivity contribution in [2.45, 2.75) is 69.9 Å². The van der Waals surface area contributed by atoms with E-state index in [9.17, 15) is 0 Å². The number of allylic oxidation sites excluding steroid dienone is 2. The van der Waals surface area contributed by atoms with Crippen molar-refractivity contribution in [3.8, 4) is 0 Å². The lowest BCUT2D eigenvalue weighted by Crippen LogP contribution is -2.47. The molecule has 0 N–H and O–H groups in total. The Balaban J connectivity index is 1.48. The first-order valence-electron chi connectivity index (χ1n) is 8.85. The van der Waals surface area contributed by atoms with Gasteiger partial charge < -0.3 is 9.80 Å². The number of hydrogen-bond acceptors (Lipinski definition) is 2. The highest BCUT2D eigenvalue weighted by molar-refractivity contribution is 6.30. The van der Waals surface area contributed by atoms with Crippen molar-refractivity contribution in [3.05, 3.63) is 23.4 Å². The van der Waals surface area contributed by atoms with Gasteiger partial charge in [-0.1, -0.05) is 43.7 Å². The molecule has 0 amide bonds. The molecule has 118 valence electrons. The van der Waals surface area contributed by atoms with E-state index in [1.165, 1.54) is 70.9 Å². The Morgan fingerprint density at radius 2 is 1.52 bits per heavy atom. The van der Waals surface area contributed by atoms with Crippen LogP contribution in [-0.4, -0.2) is 41.5 Å². The van der Waals surface area contributed by atoms with Crippen LogP contribution in [0.25, 0.3) is 0 Å². The van der Waals surface area contributed by atoms with Crippen LogP contribution >= 0.6 is 11.6 Å². The molecule has 1 saturated heterocycles. The highest BCUT2D eigenvalue weighted by Gasteiger charge is 2.27. The van der Waals surface area contributed by atoms with Crippen molar-refractivity contribution in [3.63, 3.8) is 0 Å². The lowest BCUT2D eigenvalue weighted by Gasteiger charge is -2.42. The van der Waals surface area contributed by atoms with E-state index in [0.717, 1.165) is 17.6 Å². The Labute approximate surface area is 134 Å². The lowest BCUT2D eigenvalue weighted by molar-refractivity contribution is 0.0959. The number of likely N-dealkylation sites (tertiary alicyclic amines) is 1. The van der Waals surface area contributed by atoms with E-state index >= 15 is 0 Å². The van der Waals surface area contributed by atoms with Gasteiger partial charge in [0.25, 0.3) is 0 Å². The molecule has 1 saturated carbocycles. The fraction of sp³-hybridized carbons (Fsp3) is 0.778. The second-order valence-corrected chi connectivity index (χ2v) is 7.38. The van der Waals surface area contributed by atoms with Gasteiger partial charge in [0.1, 0.15) is 0 Å². The molecule has 2 nitrogen and oxygen atoms in total. The number of piperidine rings is 1. The van der Waals surface area contributed by atoms with Crippen LogP contribution in [0.3, 0.4) is 0 Å². The molecule has 0 atom stereocenters. The first kappa shape index (κ1) is 15.4. The molecule has 3 rings (SSSR count). The zero-order valence-electron chi connectivity index (χ0n) is 13.1. The minimum atomic E-state index is 0.688. The summed E-state index contributed by atoms with van der Waals surface area (Å²) in [6.45, 7) is 3.47. The third-order valence-corrected chi connectivity index (χ3v) is 5.69. The first-order chi connectivity index (χ1) is 10.3. The van der Waals surface area contributed by atoms with Gasteiger partial charge in [-0.15, -0.1) is 0 Å². The van der Waals surface area contributed by atoms with Gasteiger partial charge in [-0.3, -0.25) is 0 Å². The summed E-state index contributed by atoms with van der Waals surface area (Å²) in [7, 11) is 0. The van der Waals surface area contributed by atoms with Crippen molar-refractivity contribution < 1.29 is 0 Å². The summed E-state index contributed by atoms with van der Waals surface area (Å²) in [6, 6.07) is 1.56. The Kier molecular flexibility index (Phi) is 5.65. The Morgan fingerprint density at radius 3 is 2.19 bits per heavy atom. The molecule has 0 radical (unpaired) electrons. The van der Waals surface area contributed by atoms with Gasteiger partial charge in [0, 0.05) is 30.2 Å². The minimum absolute atomic E-state index is 0.688. The molecule has 2 aliphatic heterocycles. The maximum atomic E-state index is 6.17. The monoisotopic (exact) mass is 308 g/mol. The molecule has 0 aromatic heterocycles. The Hall–Kier alpha value is -0.470. The molecule has 0 aromatic rings. The molecule has 0 bridgehead atoms. The van der Waals surface area contributed by atoms with Crippen molar-refractivity contribution in [2.75, 3.05) is 19.6 Å². The van der Waals surface area contributed by atoms with Crippen molar-refractivity contribution in [1.82, 2.24) is 9.80 Å². The topological polar surface area (TPSA) is 6.48 Å². The quantitative estimate of drug-likeness (QED) is 0.740. The highest BCUT2D eigenvalue weighted by atomic mass is 35.5. The third kappa shape index (κ3) is 4.26. The van der Waals surface area contributed by atoms with Crippen LogP contribution in [0.1, 0.15) is 57.8 Å². The van der Waals surface area contributed by atoms with Crippen LogP contribution in [0.4, 0.5) is 0 Å². The van der Waals surface area contributed by atoms with E-state index < -0.39 is 0 Å². The second kappa shape index (κ2) is 7.69. The average Bonchev–Trinajstić information content (AvgIpc) is 2.47. The van der Waals surface area contributed by atoms with E-state index in [1.54, 1.807) is 0 Å². The van der Waals surface area contributed by atoms with Gasteiger partial charge in [0.2, 0.25) is 0 Å². The van der Waals surface area contributed by atoms with E-state index in [4.69, 9.17) is 11.6 Å². The van der Waals surface area contributed by atoms with Gasteiger partial charge in [0.15, 0.2) is 0 Å². The van der Waals surface area contributed by atoms with Crippen LogP contribution < -0.4 is 0 Å². The zero-order chi connectivity index (χ0) is 14.5. The summed E-state index contributed by atoms with van der Waals surface area (Å²) in [5.74, 6) is 0. The van der Waals surface area contributed by atoms with Crippen LogP contribution in [-0.2, 0) is 0 Å². The molecule has 1 aliphatic carbocycles. The molecular weight excluding hydrogens is 280 g/mol. The van der Waals surface area contributed by atoms with E-state index in [1.807, 2.05) is 6.08 Å². The van der Waals surface area contributed by atoms with Gasteiger partial charge in [-0.25, -0.2) is 0 Å². The number of nitrogens with zero attached hydrogens (tertiary/aromatic N) is 2. The van der Waals surface area contributed by atoms with Crippen LogP contribution in [0.2, 0.25) is 0 Å². The van der Waals surface area contributed by atoms with Gasteiger partial charge >= 0.3 is 0 Å². The normalized spacial score (nSPS) is 27.3. The summed E-state index contributed by atoms with van der Waals surface area (Å²) in [4.78, 5) is 5.23. The van der Waals surface area contributed by atoms with Crippen molar-refractivity contribution in [1.29, 1.82) is 0 Å². The Bertz CT molecular complexity index is 375. The zero-order valence-corrected chi connectivity index (χ0v) is 13.9. The van der Waals surface area contributed by atoms with Gasteiger partial charge in [-0.2, -0.15) is 0 Å². The molecule has 2 heterocycles. The summed E-state index contributed by atoms with van der Waals surface area (Å²) < 4.78 is 0. The average molecular weight is 309 g/mol. The van der Waals surface area contributed by atoms with E-state index in [-0.39, 0.29) is 0 Å². The molecule has 3 aliphatic rings. The predicted octanol–water partition coefficient (Wildman–Crippen LogP) is 4.52. The molecule has 3 heteroatoms. The van der Waals surface area contributed by atoms with Crippen molar-refractivity contribution in [2.24, 2.45) is 0 Å². The largest absolute Gasteiger partial charge is 0.369 e. The summed E-state index contributed by atoms with van der Waals surface area (Å²) in [5.41, 5.74) is 0. The summed E-state index contributed by atoms with van der Waals surface area (Å²) in [5, 5.41) is 0.972. The van der Waals surface area contributed by atoms with E-state index in [2.05, 4.69) is 22.1 Å². The maximum Gasteiger partial charge on any atom is 0.0534 e. The highest BCUT2D eigenvalue weighted by Crippen LogP contribution is 2.27. The molecular formula is C18H29ClN2. The van der Waals surface area contributed by atoms with Crippen LogP contribution in [0.15, 0.2) is 23.4 Å². The standard InChI is InChI=1S/C18H29ClN2/c19-16-7-6-12-21(15-16)18-10-13-20(14-11-18)17-8-4-2-1-3-5-9-17/h6-7,12,17-18H,1-5,8-11,13-15H2. The first-order valence-corrected chi connectivity index (χ1v) is 9.23. The number of hydrogen-bond donors (Lipinski definition) is 0. The predicted molar refractivity (Wildman–Crippen MR) is 90.5 cm³/mol. The minimum Gasteiger partial charge on any atom is -0.369 e. The number of halogens is 1. The number of rotatable bonds is 2. The molecule has 0 spiro atoms. The van der Waals surface area contributed by atoms with Crippen molar-refractivity contribution >= 4 is 11.6 Å².